The van der Waals surface area contributed by atoms with Crippen molar-refractivity contribution in [3.63, 3.8) is 0 Å². The Morgan fingerprint density at radius 3 is 1.34 bits per heavy atom. The van der Waals surface area contributed by atoms with E-state index in [1.165, 1.54) is 20.9 Å². The van der Waals surface area contributed by atoms with Crippen LogP contribution in [-0.4, -0.2) is 41.0 Å². The fourth-order valence-electron chi connectivity index (χ4n) is 6.07. The third kappa shape index (κ3) is 5.04. The second-order valence-electron chi connectivity index (χ2n) is 11.6. The van der Waals surface area contributed by atoms with Crippen LogP contribution >= 0.6 is 45.9 Å². The fourth-order valence-corrected chi connectivity index (χ4v) is 11.7. The van der Waals surface area contributed by atoms with Gasteiger partial charge >= 0.3 is 303 Å². The van der Waals surface area contributed by atoms with E-state index in [2.05, 4.69) is 71.3 Å². The third-order valence-electron chi connectivity index (χ3n) is 8.70. The first kappa shape index (κ1) is 31.1. The molecule has 0 saturated carbocycles. The molecule has 8 rings (SSSR count). The first-order chi connectivity index (χ1) is 22.6. The first-order valence-corrected chi connectivity index (χ1v) is 19.8. The van der Waals surface area contributed by atoms with Gasteiger partial charge in [-0.3, -0.25) is 0 Å². The molecule has 0 spiro atoms. The molecule has 0 amide bonds. The molecule has 0 bridgehead atoms. The Balaban J connectivity index is 1.36. The van der Waals surface area contributed by atoms with Gasteiger partial charge in [0.2, 0.25) is 0 Å². The Morgan fingerprint density at radius 1 is 0.574 bits per heavy atom. The van der Waals surface area contributed by atoms with Crippen molar-refractivity contribution in [2.45, 2.75) is 49.6 Å². The molecule has 2 aromatic carbocycles. The molecular formula is C34H28Cl2IN8S2-. The Labute approximate surface area is 300 Å². The summed E-state index contributed by atoms with van der Waals surface area (Å²) in [6, 6.07) is 15.9. The predicted molar refractivity (Wildman–Crippen MR) is 187 cm³/mol. The van der Waals surface area contributed by atoms with Crippen molar-refractivity contribution >= 4 is 57.3 Å². The molecular weight excluding hydrogens is 782 g/mol. The van der Waals surface area contributed by atoms with E-state index in [0.717, 1.165) is 67.0 Å². The van der Waals surface area contributed by atoms with Crippen LogP contribution in [0.25, 0.3) is 10.0 Å². The maximum atomic E-state index is 6.35. The van der Waals surface area contributed by atoms with E-state index in [4.69, 9.17) is 43.4 Å². The van der Waals surface area contributed by atoms with Crippen molar-refractivity contribution in [2.75, 3.05) is 0 Å². The van der Waals surface area contributed by atoms with Gasteiger partial charge in [-0.15, -0.1) is 0 Å². The van der Waals surface area contributed by atoms with E-state index in [1.54, 1.807) is 22.7 Å². The minimum absolute atomic E-state index is 0.273. The molecule has 2 aliphatic rings. The number of benzene rings is 2. The first-order valence-electron chi connectivity index (χ1n) is 15.0. The molecule has 2 atom stereocenters. The minimum atomic E-state index is -0.925. The van der Waals surface area contributed by atoms with Crippen molar-refractivity contribution in [1.82, 2.24) is 29.5 Å². The summed E-state index contributed by atoms with van der Waals surface area (Å²) in [5.74, 6) is 3.34. The molecule has 238 valence electrons. The van der Waals surface area contributed by atoms with Crippen molar-refractivity contribution in [3.8, 4) is 10.0 Å². The summed E-state index contributed by atoms with van der Waals surface area (Å²) in [4.78, 5) is 13.7. The van der Waals surface area contributed by atoms with Gasteiger partial charge in [0.25, 0.3) is 0 Å². The molecule has 0 aliphatic carbocycles. The number of hydrogen-bond donors (Lipinski definition) is 0. The van der Waals surface area contributed by atoms with E-state index >= 15 is 0 Å². The third-order valence-corrected chi connectivity index (χ3v) is 14.6. The number of aryl methyl sites for hydroxylation is 4. The van der Waals surface area contributed by atoms with Gasteiger partial charge in [-0.1, -0.05) is 0 Å². The number of alkyl halides is 2. The Morgan fingerprint density at radius 2 is 0.957 bits per heavy atom. The summed E-state index contributed by atoms with van der Waals surface area (Å²) in [7, 11) is 0. The van der Waals surface area contributed by atoms with Gasteiger partial charge in [0.15, 0.2) is 0 Å². The van der Waals surface area contributed by atoms with Crippen LogP contribution in [0.3, 0.4) is 0 Å². The van der Waals surface area contributed by atoms with Crippen molar-refractivity contribution in [2.24, 2.45) is 9.98 Å². The van der Waals surface area contributed by atoms with Crippen molar-refractivity contribution in [1.29, 1.82) is 0 Å². The summed E-state index contributed by atoms with van der Waals surface area (Å²) >= 11 is 15.3. The van der Waals surface area contributed by atoms with Crippen LogP contribution in [-0.2, 0) is 0 Å². The number of halogens is 3. The standard InChI is InChI=1S/C34H28Cl2IN8S2/c1-15-17(3)46-33-25(15)27(21-7-11-23(35)12-8-21)38-29(31-42-40-19(5)44(31)33)37-30-32-43-41-20(6)45(32)34-26(16(2)18(4)47-34)28(39-30)22-9-13-24(36)14-10-22/h7-14,29-30H,1-6H3/q-1. The molecule has 6 aromatic rings. The van der Waals surface area contributed by atoms with Crippen LogP contribution in [0.15, 0.2) is 58.5 Å². The van der Waals surface area contributed by atoms with Gasteiger partial charge in [0.1, 0.15) is 0 Å². The van der Waals surface area contributed by atoms with E-state index in [9.17, 15) is 0 Å². The zero-order valence-corrected chi connectivity index (χ0v) is 31.6. The normalized spacial score (nSPS) is 16.9. The predicted octanol–water partition coefficient (Wildman–Crippen LogP) is 5.62. The second-order valence-corrected chi connectivity index (χ2v) is 17.9. The van der Waals surface area contributed by atoms with Crippen LogP contribution < -0.4 is 21.2 Å². The van der Waals surface area contributed by atoms with Gasteiger partial charge in [-0.2, -0.15) is 0 Å². The zero-order valence-electron chi connectivity index (χ0n) is 26.3. The van der Waals surface area contributed by atoms with Gasteiger partial charge in [-0.05, 0) is 0 Å². The summed E-state index contributed by atoms with van der Waals surface area (Å²) in [5, 5.41) is 22.3. The van der Waals surface area contributed by atoms with Crippen LogP contribution in [0.1, 0.15) is 74.5 Å². The van der Waals surface area contributed by atoms with E-state index in [-0.39, 0.29) is 8.10 Å². The van der Waals surface area contributed by atoms with E-state index in [0.29, 0.717) is 10.0 Å². The molecule has 6 heterocycles. The Hall–Kier alpha value is -3.23. The zero-order chi connectivity index (χ0) is 32.7. The average molecular weight is 811 g/mol. The number of aliphatic imine (C=N–C) groups is 2. The average Bonchev–Trinajstić information content (AvgIpc) is 3.73. The van der Waals surface area contributed by atoms with Gasteiger partial charge < -0.3 is 0 Å². The summed E-state index contributed by atoms with van der Waals surface area (Å²) in [6.45, 7) is 12.7. The number of rotatable bonds is 4. The number of aromatic nitrogens is 6. The summed E-state index contributed by atoms with van der Waals surface area (Å²) in [5.41, 5.74) is 8.55. The molecule has 0 radical (unpaired) electrons. The Bertz CT molecular complexity index is 2120. The maximum absolute atomic E-state index is 6.35. The summed E-state index contributed by atoms with van der Waals surface area (Å²) < 4.78 is 3.86. The van der Waals surface area contributed by atoms with Crippen LogP contribution in [0.2, 0.25) is 10.0 Å². The van der Waals surface area contributed by atoms with Crippen molar-refractivity contribution < 1.29 is 21.2 Å². The summed E-state index contributed by atoms with van der Waals surface area (Å²) in [6.07, 6.45) is 0. The molecule has 2 unspecified atom stereocenters. The van der Waals surface area contributed by atoms with Crippen LogP contribution in [0.4, 0.5) is 0 Å². The number of thiophene rings is 2. The van der Waals surface area contributed by atoms with Gasteiger partial charge in [0.05, 0.1) is 0 Å². The van der Waals surface area contributed by atoms with Gasteiger partial charge in [-0.25, -0.2) is 0 Å². The molecule has 4 aromatic heterocycles. The topological polar surface area (TPSA) is 86.1 Å². The monoisotopic (exact) mass is 809 g/mol. The molecule has 0 fully saturated rings. The fraction of sp³-hybridized carbons (Fsp3) is 0.235. The second kappa shape index (κ2) is 11.7. The quantitative estimate of drug-likeness (QED) is 0.132. The molecule has 0 saturated heterocycles. The molecule has 13 heteroatoms. The van der Waals surface area contributed by atoms with Gasteiger partial charge in [0, 0.05) is 0 Å². The van der Waals surface area contributed by atoms with E-state index < -0.39 is 21.2 Å². The number of fused-ring (bicyclic) bond motifs is 6. The number of hydrogen-bond acceptors (Lipinski definition) is 8. The molecule has 2 aliphatic heterocycles. The number of nitrogens with zero attached hydrogens (tertiary/aromatic N) is 8. The van der Waals surface area contributed by atoms with Crippen LogP contribution in [0, 0.1) is 41.5 Å². The van der Waals surface area contributed by atoms with E-state index in [1.807, 2.05) is 38.1 Å². The van der Waals surface area contributed by atoms with Crippen molar-refractivity contribution in [3.05, 3.63) is 125 Å². The Kier molecular flexibility index (Phi) is 7.75. The molecule has 8 nitrogen and oxygen atoms in total. The molecule has 47 heavy (non-hydrogen) atoms. The van der Waals surface area contributed by atoms with Crippen LogP contribution in [0.5, 0.6) is 0 Å². The SMILES string of the molecule is Cc1sc2c(c1C)C(c1ccc(Cl)cc1)=NC([I-]C1N=C(c3ccc(Cl)cc3)c3c(sc(C)c3C)-n3c(C)nnc31)c1nnc(C)n1-2. The molecule has 0 N–H and O–H groups in total.